The summed E-state index contributed by atoms with van der Waals surface area (Å²) in [6.07, 6.45) is 0.853. The molecular formula is C15H18FNOS. The monoisotopic (exact) mass is 279 g/mol. The van der Waals surface area contributed by atoms with Crippen LogP contribution in [0.2, 0.25) is 0 Å². The van der Waals surface area contributed by atoms with Crippen LogP contribution < -0.4 is 10.5 Å². The number of ether oxygens (including phenoxy) is 1. The molecule has 0 aliphatic carbocycles. The predicted octanol–water partition coefficient (Wildman–Crippen LogP) is 3.49. The lowest BCUT2D eigenvalue weighted by molar-refractivity contribution is 0.386. The third kappa shape index (κ3) is 3.14. The van der Waals surface area contributed by atoms with Gasteiger partial charge >= 0.3 is 0 Å². The van der Waals surface area contributed by atoms with Crippen molar-refractivity contribution in [1.82, 2.24) is 0 Å². The van der Waals surface area contributed by atoms with E-state index in [1.165, 1.54) is 23.6 Å². The fourth-order valence-electron chi connectivity index (χ4n) is 2.11. The van der Waals surface area contributed by atoms with E-state index in [2.05, 4.69) is 18.4 Å². The summed E-state index contributed by atoms with van der Waals surface area (Å²) < 4.78 is 18.7. The average molecular weight is 279 g/mol. The van der Waals surface area contributed by atoms with E-state index in [1.54, 1.807) is 17.4 Å². The maximum absolute atomic E-state index is 13.7. The number of rotatable bonds is 5. The van der Waals surface area contributed by atoms with Gasteiger partial charge in [0.25, 0.3) is 0 Å². The van der Waals surface area contributed by atoms with Crippen LogP contribution in [0.5, 0.6) is 5.75 Å². The highest BCUT2D eigenvalue weighted by Gasteiger charge is 2.15. The van der Waals surface area contributed by atoms with Crippen molar-refractivity contribution in [1.29, 1.82) is 0 Å². The van der Waals surface area contributed by atoms with Gasteiger partial charge in [0, 0.05) is 10.8 Å². The number of nitrogens with two attached hydrogens (primary N) is 1. The molecule has 0 saturated carbocycles. The summed E-state index contributed by atoms with van der Waals surface area (Å²) in [7, 11) is 1.47. The molecule has 0 saturated heterocycles. The van der Waals surface area contributed by atoms with Crippen molar-refractivity contribution in [3.05, 3.63) is 51.5 Å². The third-order valence-electron chi connectivity index (χ3n) is 3.33. The molecule has 1 atom stereocenters. The Kier molecular flexibility index (Phi) is 4.56. The lowest BCUT2D eigenvalue weighted by atomic mass is 9.94. The molecule has 1 unspecified atom stereocenters. The number of thiophene rings is 1. The van der Waals surface area contributed by atoms with Crippen LogP contribution in [-0.4, -0.2) is 13.7 Å². The molecule has 1 aromatic carbocycles. The van der Waals surface area contributed by atoms with Crippen LogP contribution in [0.25, 0.3) is 0 Å². The SMILES string of the molecule is COc1ccc(C(CN)Cc2sccc2C)cc1F. The third-order valence-corrected chi connectivity index (χ3v) is 4.38. The van der Waals surface area contributed by atoms with Crippen LogP contribution >= 0.6 is 11.3 Å². The number of aryl methyl sites for hydroxylation is 1. The molecule has 19 heavy (non-hydrogen) atoms. The molecule has 102 valence electrons. The highest BCUT2D eigenvalue weighted by atomic mass is 32.1. The Hall–Kier alpha value is -1.39. The minimum absolute atomic E-state index is 0.137. The quantitative estimate of drug-likeness (QED) is 0.909. The van der Waals surface area contributed by atoms with Crippen LogP contribution in [0.1, 0.15) is 21.9 Å². The number of benzene rings is 1. The fourth-order valence-corrected chi connectivity index (χ4v) is 3.10. The molecule has 0 radical (unpaired) electrons. The van der Waals surface area contributed by atoms with Crippen molar-refractivity contribution in [2.75, 3.05) is 13.7 Å². The average Bonchev–Trinajstić information content (AvgIpc) is 2.81. The Balaban J connectivity index is 2.22. The first-order valence-corrected chi connectivity index (χ1v) is 7.10. The van der Waals surface area contributed by atoms with E-state index in [0.29, 0.717) is 6.54 Å². The van der Waals surface area contributed by atoms with Crippen molar-refractivity contribution in [3.63, 3.8) is 0 Å². The van der Waals surface area contributed by atoms with E-state index in [0.717, 1.165) is 12.0 Å². The van der Waals surface area contributed by atoms with Gasteiger partial charge in [-0.05, 0) is 54.6 Å². The molecule has 4 heteroatoms. The standard InChI is InChI=1S/C15H18FNOS/c1-10-5-6-19-15(10)8-12(9-17)11-3-4-14(18-2)13(16)7-11/h3-7,12H,8-9,17H2,1-2H3. The molecular weight excluding hydrogens is 261 g/mol. The molecule has 0 fully saturated rings. The van der Waals surface area contributed by atoms with Crippen LogP contribution in [0.4, 0.5) is 4.39 Å². The number of methoxy groups -OCH3 is 1. The molecule has 1 heterocycles. The van der Waals surface area contributed by atoms with E-state index in [-0.39, 0.29) is 17.5 Å². The van der Waals surface area contributed by atoms with Crippen LogP contribution in [0, 0.1) is 12.7 Å². The fraction of sp³-hybridized carbons (Fsp3) is 0.333. The Morgan fingerprint density at radius 1 is 1.37 bits per heavy atom. The van der Waals surface area contributed by atoms with Crippen molar-refractivity contribution in [2.45, 2.75) is 19.3 Å². The van der Waals surface area contributed by atoms with E-state index in [1.807, 2.05) is 6.07 Å². The predicted molar refractivity (Wildman–Crippen MR) is 77.5 cm³/mol. The molecule has 0 aliphatic rings. The van der Waals surface area contributed by atoms with E-state index in [4.69, 9.17) is 10.5 Å². The van der Waals surface area contributed by atoms with Gasteiger partial charge in [-0.1, -0.05) is 6.07 Å². The molecule has 0 bridgehead atoms. The molecule has 2 N–H and O–H groups in total. The van der Waals surface area contributed by atoms with Gasteiger partial charge in [-0.2, -0.15) is 0 Å². The lowest BCUT2D eigenvalue weighted by Crippen LogP contribution is -2.15. The molecule has 0 amide bonds. The second kappa shape index (κ2) is 6.17. The summed E-state index contributed by atoms with van der Waals surface area (Å²) >= 11 is 1.73. The van der Waals surface area contributed by atoms with Gasteiger partial charge in [0.15, 0.2) is 11.6 Å². The largest absolute Gasteiger partial charge is 0.494 e. The summed E-state index contributed by atoms with van der Waals surface area (Å²) in [4.78, 5) is 1.31. The molecule has 0 spiro atoms. The zero-order valence-electron chi connectivity index (χ0n) is 11.2. The zero-order valence-corrected chi connectivity index (χ0v) is 12.0. The van der Waals surface area contributed by atoms with Crippen molar-refractivity contribution < 1.29 is 9.13 Å². The van der Waals surface area contributed by atoms with Gasteiger partial charge in [-0.3, -0.25) is 0 Å². The van der Waals surface area contributed by atoms with Gasteiger partial charge in [0.2, 0.25) is 0 Å². The van der Waals surface area contributed by atoms with Crippen molar-refractivity contribution in [2.24, 2.45) is 5.73 Å². The van der Waals surface area contributed by atoms with E-state index in [9.17, 15) is 4.39 Å². The summed E-state index contributed by atoms with van der Waals surface area (Å²) in [6, 6.07) is 7.18. The van der Waals surface area contributed by atoms with Gasteiger partial charge in [-0.15, -0.1) is 11.3 Å². The minimum atomic E-state index is -0.332. The summed E-state index contributed by atoms with van der Waals surface area (Å²) in [5, 5.41) is 2.08. The summed E-state index contributed by atoms with van der Waals surface area (Å²) in [6.45, 7) is 2.59. The maximum atomic E-state index is 13.7. The van der Waals surface area contributed by atoms with Crippen LogP contribution in [-0.2, 0) is 6.42 Å². The molecule has 2 rings (SSSR count). The van der Waals surface area contributed by atoms with Crippen LogP contribution in [0.15, 0.2) is 29.6 Å². The highest BCUT2D eigenvalue weighted by molar-refractivity contribution is 7.10. The van der Waals surface area contributed by atoms with Crippen molar-refractivity contribution in [3.8, 4) is 5.75 Å². The molecule has 2 aromatic rings. The summed E-state index contributed by atoms with van der Waals surface area (Å²) in [5.74, 6) is 0.0749. The highest BCUT2D eigenvalue weighted by Crippen LogP contribution is 2.28. The first kappa shape index (κ1) is 14.0. The van der Waals surface area contributed by atoms with Gasteiger partial charge in [-0.25, -0.2) is 4.39 Å². The Morgan fingerprint density at radius 2 is 2.16 bits per heavy atom. The molecule has 2 nitrogen and oxygen atoms in total. The topological polar surface area (TPSA) is 35.2 Å². The minimum Gasteiger partial charge on any atom is -0.494 e. The van der Waals surface area contributed by atoms with Crippen molar-refractivity contribution >= 4 is 11.3 Å². The second-order valence-electron chi connectivity index (χ2n) is 4.56. The first-order valence-electron chi connectivity index (χ1n) is 6.22. The Bertz CT molecular complexity index is 553. The Labute approximate surface area is 117 Å². The number of halogens is 1. The molecule has 1 aromatic heterocycles. The molecule has 0 aliphatic heterocycles. The van der Waals surface area contributed by atoms with Crippen LogP contribution in [0.3, 0.4) is 0 Å². The Morgan fingerprint density at radius 3 is 2.68 bits per heavy atom. The number of hydrogen-bond donors (Lipinski definition) is 1. The lowest BCUT2D eigenvalue weighted by Gasteiger charge is -2.16. The normalized spacial score (nSPS) is 12.4. The van der Waals surface area contributed by atoms with E-state index >= 15 is 0 Å². The van der Waals surface area contributed by atoms with Gasteiger partial charge in [0.1, 0.15) is 0 Å². The number of hydrogen-bond acceptors (Lipinski definition) is 3. The van der Waals surface area contributed by atoms with Gasteiger partial charge in [0.05, 0.1) is 7.11 Å². The first-order chi connectivity index (χ1) is 9.15. The maximum Gasteiger partial charge on any atom is 0.165 e. The zero-order chi connectivity index (χ0) is 13.8. The second-order valence-corrected chi connectivity index (χ2v) is 5.56. The van der Waals surface area contributed by atoms with Gasteiger partial charge < -0.3 is 10.5 Å². The summed E-state index contributed by atoms with van der Waals surface area (Å²) in [5.41, 5.74) is 8.04. The van der Waals surface area contributed by atoms with E-state index < -0.39 is 0 Å². The smallest absolute Gasteiger partial charge is 0.165 e.